The molecule has 0 aliphatic rings. The number of nitrogens with two attached hydrogens (primary N) is 1. The molecular formula is C11H14N4O. The predicted octanol–water partition coefficient (Wildman–Crippen LogP) is 1.50. The SMILES string of the molecule is COc1ccc(-c2n[nH]c([C@H](C)N)n2)cc1. The highest BCUT2D eigenvalue weighted by atomic mass is 16.5. The number of ether oxygens (including phenoxy) is 1. The van der Waals surface area contributed by atoms with Crippen LogP contribution >= 0.6 is 0 Å². The highest BCUT2D eigenvalue weighted by Gasteiger charge is 2.08. The minimum Gasteiger partial charge on any atom is -0.497 e. The van der Waals surface area contributed by atoms with Crippen molar-refractivity contribution in [3.05, 3.63) is 30.1 Å². The van der Waals surface area contributed by atoms with Gasteiger partial charge in [0.2, 0.25) is 0 Å². The molecule has 1 heterocycles. The van der Waals surface area contributed by atoms with Crippen LogP contribution in [0.4, 0.5) is 0 Å². The molecule has 5 heteroatoms. The predicted molar refractivity (Wildman–Crippen MR) is 61.0 cm³/mol. The Morgan fingerprint density at radius 2 is 2.00 bits per heavy atom. The smallest absolute Gasteiger partial charge is 0.181 e. The van der Waals surface area contributed by atoms with Crippen molar-refractivity contribution >= 4 is 0 Å². The summed E-state index contributed by atoms with van der Waals surface area (Å²) in [7, 11) is 1.63. The molecule has 0 fully saturated rings. The Bertz CT molecular complexity index is 461. The maximum Gasteiger partial charge on any atom is 0.181 e. The third kappa shape index (κ3) is 2.04. The van der Waals surface area contributed by atoms with E-state index in [-0.39, 0.29) is 6.04 Å². The van der Waals surface area contributed by atoms with E-state index in [1.54, 1.807) is 7.11 Å². The first-order valence-electron chi connectivity index (χ1n) is 5.03. The minimum atomic E-state index is -0.139. The fraction of sp³-hybridized carbons (Fsp3) is 0.273. The summed E-state index contributed by atoms with van der Waals surface area (Å²) in [5, 5.41) is 6.92. The molecule has 16 heavy (non-hydrogen) atoms. The van der Waals surface area contributed by atoms with Crippen LogP contribution in [0.15, 0.2) is 24.3 Å². The van der Waals surface area contributed by atoms with Gasteiger partial charge in [-0.15, -0.1) is 0 Å². The van der Waals surface area contributed by atoms with Crippen LogP contribution in [0.1, 0.15) is 18.8 Å². The van der Waals surface area contributed by atoms with Crippen LogP contribution in [0.2, 0.25) is 0 Å². The molecule has 5 nitrogen and oxygen atoms in total. The summed E-state index contributed by atoms with van der Waals surface area (Å²) in [6.07, 6.45) is 0. The summed E-state index contributed by atoms with van der Waals surface area (Å²) >= 11 is 0. The lowest BCUT2D eigenvalue weighted by atomic mass is 10.2. The largest absolute Gasteiger partial charge is 0.497 e. The summed E-state index contributed by atoms with van der Waals surface area (Å²) in [5.74, 6) is 2.15. The number of H-pyrrole nitrogens is 1. The van der Waals surface area contributed by atoms with Gasteiger partial charge in [0.25, 0.3) is 0 Å². The number of aromatic nitrogens is 3. The molecule has 0 bridgehead atoms. The van der Waals surface area contributed by atoms with Gasteiger partial charge in [-0.3, -0.25) is 5.10 Å². The number of rotatable bonds is 3. The number of nitrogens with zero attached hydrogens (tertiary/aromatic N) is 2. The molecule has 0 amide bonds. The number of hydrogen-bond donors (Lipinski definition) is 2. The van der Waals surface area contributed by atoms with Crippen LogP contribution in [0, 0.1) is 0 Å². The summed E-state index contributed by atoms with van der Waals surface area (Å²) in [6, 6.07) is 7.42. The van der Waals surface area contributed by atoms with Crippen LogP contribution in [0.3, 0.4) is 0 Å². The second-order valence-corrected chi connectivity index (χ2v) is 3.56. The van der Waals surface area contributed by atoms with E-state index < -0.39 is 0 Å². The minimum absolute atomic E-state index is 0.139. The van der Waals surface area contributed by atoms with Crippen molar-refractivity contribution in [2.75, 3.05) is 7.11 Å². The molecule has 0 unspecified atom stereocenters. The standard InChI is InChI=1S/C11H14N4O/c1-7(12)10-13-11(15-14-10)8-3-5-9(16-2)6-4-8/h3-7H,12H2,1-2H3,(H,13,14,15)/t7-/m0/s1. The van der Waals surface area contributed by atoms with E-state index >= 15 is 0 Å². The van der Waals surface area contributed by atoms with Crippen molar-refractivity contribution in [2.24, 2.45) is 5.73 Å². The Morgan fingerprint density at radius 3 is 2.50 bits per heavy atom. The van der Waals surface area contributed by atoms with Gasteiger partial charge in [-0.2, -0.15) is 5.10 Å². The summed E-state index contributed by atoms with van der Waals surface area (Å²) in [6.45, 7) is 1.86. The molecule has 0 radical (unpaired) electrons. The molecule has 0 spiro atoms. The van der Waals surface area contributed by atoms with Crippen molar-refractivity contribution in [2.45, 2.75) is 13.0 Å². The molecule has 0 saturated carbocycles. The zero-order valence-electron chi connectivity index (χ0n) is 9.27. The average molecular weight is 218 g/mol. The van der Waals surface area contributed by atoms with E-state index in [0.717, 1.165) is 11.3 Å². The molecular weight excluding hydrogens is 204 g/mol. The number of hydrogen-bond acceptors (Lipinski definition) is 4. The molecule has 2 rings (SSSR count). The fourth-order valence-electron chi connectivity index (χ4n) is 1.35. The van der Waals surface area contributed by atoms with Gasteiger partial charge >= 0.3 is 0 Å². The third-order valence-corrected chi connectivity index (χ3v) is 2.28. The van der Waals surface area contributed by atoms with Crippen LogP contribution in [0.25, 0.3) is 11.4 Å². The first-order chi connectivity index (χ1) is 7.70. The highest BCUT2D eigenvalue weighted by molar-refractivity contribution is 5.55. The van der Waals surface area contributed by atoms with Crippen LogP contribution in [-0.4, -0.2) is 22.3 Å². The topological polar surface area (TPSA) is 76.8 Å². The van der Waals surface area contributed by atoms with E-state index in [1.165, 1.54) is 0 Å². The Balaban J connectivity index is 2.28. The van der Waals surface area contributed by atoms with Crippen LogP contribution in [-0.2, 0) is 0 Å². The van der Waals surface area contributed by atoms with Gasteiger partial charge in [0, 0.05) is 5.56 Å². The Kier molecular flexibility index (Phi) is 2.87. The Morgan fingerprint density at radius 1 is 1.31 bits per heavy atom. The monoisotopic (exact) mass is 218 g/mol. The summed E-state index contributed by atoms with van der Waals surface area (Å²) < 4.78 is 5.08. The second-order valence-electron chi connectivity index (χ2n) is 3.56. The molecule has 0 aliphatic heterocycles. The second kappa shape index (κ2) is 4.32. The van der Waals surface area contributed by atoms with E-state index in [0.29, 0.717) is 11.6 Å². The van der Waals surface area contributed by atoms with E-state index in [9.17, 15) is 0 Å². The van der Waals surface area contributed by atoms with Crippen molar-refractivity contribution in [3.8, 4) is 17.1 Å². The lowest BCUT2D eigenvalue weighted by molar-refractivity contribution is 0.415. The van der Waals surface area contributed by atoms with Crippen molar-refractivity contribution in [3.63, 3.8) is 0 Å². The molecule has 1 aromatic heterocycles. The van der Waals surface area contributed by atoms with Crippen molar-refractivity contribution < 1.29 is 4.74 Å². The molecule has 2 aromatic rings. The van der Waals surface area contributed by atoms with Gasteiger partial charge in [-0.1, -0.05) is 0 Å². The van der Waals surface area contributed by atoms with Gasteiger partial charge in [0.1, 0.15) is 11.6 Å². The highest BCUT2D eigenvalue weighted by Crippen LogP contribution is 2.19. The lowest BCUT2D eigenvalue weighted by Gasteiger charge is -1.99. The molecule has 0 saturated heterocycles. The van der Waals surface area contributed by atoms with Crippen LogP contribution < -0.4 is 10.5 Å². The third-order valence-electron chi connectivity index (χ3n) is 2.28. The summed E-state index contributed by atoms with van der Waals surface area (Å²) in [5.41, 5.74) is 6.63. The molecule has 1 atom stereocenters. The lowest BCUT2D eigenvalue weighted by Crippen LogP contribution is -2.06. The average Bonchev–Trinajstić information content (AvgIpc) is 2.78. The fourth-order valence-corrected chi connectivity index (χ4v) is 1.35. The first kappa shape index (κ1) is 10.6. The van der Waals surface area contributed by atoms with Gasteiger partial charge in [0.05, 0.1) is 13.2 Å². The summed E-state index contributed by atoms with van der Waals surface area (Å²) in [4.78, 5) is 4.30. The number of nitrogens with one attached hydrogen (secondary N) is 1. The molecule has 3 N–H and O–H groups in total. The molecule has 84 valence electrons. The zero-order chi connectivity index (χ0) is 11.5. The number of benzene rings is 1. The maximum atomic E-state index is 5.70. The Labute approximate surface area is 93.7 Å². The normalized spacial score (nSPS) is 12.4. The van der Waals surface area contributed by atoms with Crippen molar-refractivity contribution in [1.82, 2.24) is 15.2 Å². The number of methoxy groups -OCH3 is 1. The number of aromatic amines is 1. The molecule has 0 aliphatic carbocycles. The van der Waals surface area contributed by atoms with E-state index in [1.807, 2.05) is 31.2 Å². The van der Waals surface area contributed by atoms with E-state index in [4.69, 9.17) is 10.5 Å². The van der Waals surface area contributed by atoms with Crippen molar-refractivity contribution in [1.29, 1.82) is 0 Å². The quantitative estimate of drug-likeness (QED) is 0.818. The molecule has 1 aromatic carbocycles. The zero-order valence-corrected chi connectivity index (χ0v) is 9.27. The van der Waals surface area contributed by atoms with Crippen LogP contribution in [0.5, 0.6) is 5.75 Å². The Hall–Kier alpha value is -1.88. The van der Waals surface area contributed by atoms with Gasteiger partial charge in [-0.25, -0.2) is 4.98 Å². The van der Waals surface area contributed by atoms with Gasteiger partial charge in [-0.05, 0) is 31.2 Å². The van der Waals surface area contributed by atoms with E-state index in [2.05, 4.69) is 15.2 Å². The maximum absolute atomic E-state index is 5.70. The van der Waals surface area contributed by atoms with Gasteiger partial charge < -0.3 is 10.5 Å². The van der Waals surface area contributed by atoms with Gasteiger partial charge in [0.15, 0.2) is 5.82 Å². The first-order valence-corrected chi connectivity index (χ1v) is 5.03.